The summed E-state index contributed by atoms with van der Waals surface area (Å²) in [6, 6.07) is -4.29. The molecule has 0 aliphatic rings. The van der Waals surface area contributed by atoms with E-state index in [0.717, 1.165) is 0 Å². The summed E-state index contributed by atoms with van der Waals surface area (Å²) in [4.78, 5) is 59.2. The molecular weight excluding hydrogens is 410 g/mol. The molecule has 9 N–H and O–H groups in total. The van der Waals surface area contributed by atoms with Gasteiger partial charge in [0.25, 0.3) is 0 Å². The number of nitrogens with two attached hydrogens (primary N) is 2. The lowest BCUT2D eigenvalue weighted by Crippen LogP contribution is -2.58. The first kappa shape index (κ1) is 28.3. The molecule has 0 radical (unpaired) electrons. The summed E-state index contributed by atoms with van der Waals surface area (Å²) in [7, 11) is 0. The van der Waals surface area contributed by atoms with Crippen LogP contribution in [0.25, 0.3) is 0 Å². The van der Waals surface area contributed by atoms with Gasteiger partial charge in [-0.15, -0.1) is 0 Å². The molecule has 4 atom stereocenters. The predicted octanol–water partition coefficient (Wildman–Crippen LogP) is -1.48. The molecule has 0 aromatic heterocycles. The first-order valence-electron chi connectivity index (χ1n) is 10.2. The van der Waals surface area contributed by atoms with Crippen LogP contribution in [0.2, 0.25) is 0 Å². The number of hydrogen-bond acceptors (Lipinski definition) is 7. The van der Waals surface area contributed by atoms with E-state index in [4.69, 9.17) is 21.7 Å². The number of carbonyl (C=O) groups excluding carboxylic acids is 3. The Labute approximate surface area is 181 Å². The fourth-order valence-electron chi connectivity index (χ4n) is 2.60. The van der Waals surface area contributed by atoms with Gasteiger partial charge in [-0.2, -0.15) is 0 Å². The van der Waals surface area contributed by atoms with Crippen LogP contribution in [0.15, 0.2) is 0 Å². The van der Waals surface area contributed by atoms with Crippen LogP contribution in [-0.4, -0.2) is 70.6 Å². The van der Waals surface area contributed by atoms with Gasteiger partial charge in [-0.3, -0.25) is 24.0 Å². The zero-order valence-electron chi connectivity index (χ0n) is 18.2. The van der Waals surface area contributed by atoms with Crippen LogP contribution in [0.3, 0.4) is 0 Å². The maximum atomic E-state index is 12.8. The van der Waals surface area contributed by atoms with Gasteiger partial charge in [0.05, 0.1) is 6.04 Å². The van der Waals surface area contributed by atoms with Gasteiger partial charge in [-0.1, -0.05) is 13.8 Å². The van der Waals surface area contributed by atoms with Crippen molar-refractivity contribution in [2.45, 2.75) is 77.0 Å². The van der Waals surface area contributed by atoms with Gasteiger partial charge in [0.15, 0.2) is 0 Å². The molecule has 0 bridgehead atoms. The monoisotopic (exact) mass is 445 g/mol. The molecule has 0 unspecified atom stereocenters. The second kappa shape index (κ2) is 14.3. The van der Waals surface area contributed by atoms with Gasteiger partial charge >= 0.3 is 11.9 Å². The van der Waals surface area contributed by atoms with Crippen LogP contribution in [0.4, 0.5) is 0 Å². The highest BCUT2D eigenvalue weighted by Crippen LogP contribution is 2.07. The van der Waals surface area contributed by atoms with E-state index in [1.807, 2.05) is 0 Å². The number of carboxylic acid groups (broad SMARTS) is 2. The molecule has 0 fully saturated rings. The lowest BCUT2D eigenvalue weighted by Gasteiger charge is -2.26. The second-order valence-corrected chi connectivity index (χ2v) is 7.68. The Morgan fingerprint density at radius 1 is 0.839 bits per heavy atom. The first-order valence-corrected chi connectivity index (χ1v) is 10.2. The number of rotatable bonds is 15. The van der Waals surface area contributed by atoms with Crippen molar-refractivity contribution in [3.63, 3.8) is 0 Å². The number of aliphatic carboxylic acids is 2. The fourth-order valence-corrected chi connectivity index (χ4v) is 2.60. The maximum absolute atomic E-state index is 12.8. The van der Waals surface area contributed by atoms with Gasteiger partial charge in [0.2, 0.25) is 17.7 Å². The van der Waals surface area contributed by atoms with Gasteiger partial charge in [0, 0.05) is 6.42 Å². The van der Waals surface area contributed by atoms with Crippen molar-refractivity contribution in [2.24, 2.45) is 17.4 Å². The summed E-state index contributed by atoms with van der Waals surface area (Å²) < 4.78 is 0. The molecule has 0 heterocycles. The average molecular weight is 446 g/mol. The van der Waals surface area contributed by atoms with Crippen LogP contribution in [0.5, 0.6) is 0 Å². The summed E-state index contributed by atoms with van der Waals surface area (Å²) in [5, 5.41) is 25.1. The average Bonchev–Trinajstić information content (AvgIpc) is 2.68. The lowest BCUT2D eigenvalue weighted by atomic mass is 10.0. The normalized spacial score (nSPS) is 14.8. The van der Waals surface area contributed by atoms with Crippen molar-refractivity contribution >= 4 is 29.7 Å². The second-order valence-electron chi connectivity index (χ2n) is 7.68. The predicted molar refractivity (Wildman–Crippen MR) is 112 cm³/mol. The van der Waals surface area contributed by atoms with Gasteiger partial charge in [0.1, 0.15) is 18.1 Å². The summed E-state index contributed by atoms with van der Waals surface area (Å²) in [6.07, 6.45) is 0.972. The van der Waals surface area contributed by atoms with E-state index in [1.54, 1.807) is 13.8 Å². The number of carbonyl (C=O) groups is 5. The number of nitrogens with one attached hydrogen (secondary N) is 3. The van der Waals surface area contributed by atoms with E-state index in [2.05, 4.69) is 16.0 Å². The molecule has 31 heavy (non-hydrogen) atoms. The highest BCUT2D eigenvalue weighted by molar-refractivity contribution is 5.94. The summed E-state index contributed by atoms with van der Waals surface area (Å²) in [6.45, 7) is 5.05. The van der Waals surface area contributed by atoms with E-state index >= 15 is 0 Å². The summed E-state index contributed by atoms with van der Waals surface area (Å²) in [5.41, 5.74) is 11.2. The standard InChI is InChI=1S/C19H35N5O7/c1-10(2)15(18(29)22-11(3)19(30)31)24-17(28)13(6-4-5-9-20)23-16(27)12(21)7-8-14(25)26/h10-13,15H,4-9,20-21H2,1-3H3,(H,22,29)(H,23,27)(H,24,28)(H,25,26)(H,30,31)/t11-,12-,13-,15-/m0/s1. The van der Waals surface area contributed by atoms with Crippen LogP contribution < -0.4 is 27.4 Å². The third-order valence-electron chi connectivity index (χ3n) is 4.56. The van der Waals surface area contributed by atoms with E-state index < -0.39 is 53.8 Å². The molecule has 0 aromatic carbocycles. The largest absolute Gasteiger partial charge is 0.481 e. The summed E-state index contributed by atoms with van der Waals surface area (Å²) >= 11 is 0. The minimum Gasteiger partial charge on any atom is -0.481 e. The van der Waals surface area contributed by atoms with Gasteiger partial charge in [-0.25, -0.2) is 0 Å². The minimum absolute atomic E-state index is 0.0948. The quantitative estimate of drug-likeness (QED) is 0.146. The lowest BCUT2D eigenvalue weighted by molar-refractivity contribution is -0.142. The van der Waals surface area contributed by atoms with E-state index in [9.17, 15) is 24.0 Å². The third kappa shape index (κ3) is 11.3. The number of amides is 3. The Kier molecular flexibility index (Phi) is 13.0. The Bertz CT molecular complexity index is 641. The molecule has 0 rings (SSSR count). The summed E-state index contributed by atoms with van der Waals surface area (Å²) in [5.74, 6) is -4.65. The molecule has 0 saturated carbocycles. The van der Waals surface area contributed by atoms with Crippen molar-refractivity contribution in [3.8, 4) is 0 Å². The smallest absolute Gasteiger partial charge is 0.325 e. The molecule has 178 valence electrons. The van der Waals surface area contributed by atoms with E-state index in [1.165, 1.54) is 6.92 Å². The molecule has 0 aliphatic heterocycles. The zero-order chi connectivity index (χ0) is 24.1. The Morgan fingerprint density at radius 2 is 1.45 bits per heavy atom. The maximum Gasteiger partial charge on any atom is 0.325 e. The van der Waals surface area contributed by atoms with Crippen LogP contribution in [0, 0.1) is 5.92 Å². The SMILES string of the molecule is CC(C)[C@H](NC(=O)[C@H](CCCCN)NC(=O)[C@@H](N)CCC(=O)O)C(=O)N[C@@H](C)C(=O)O. The van der Waals surface area contributed by atoms with Crippen molar-refractivity contribution in [1.29, 1.82) is 0 Å². The highest BCUT2D eigenvalue weighted by atomic mass is 16.4. The Morgan fingerprint density at radius 3 is 1.94 bits per heavy atom. The molecule has 0 aliphatic carbocycles. The van der Waals surface area contributed by atoms with E-state index in [-0.39, 0.29) is 25.2 Å². The molecule has 12 heteroatoms. The minimum atomic E-state index is -1.22. The molecule has 0 saturated heterocycles. The molecule has 3 amide bonds. The van der Waals surface area contributed by atoms with E-state index in [0.29, 0.717) is 19.4 Å². The van der Waals surface area contributed by atoms with Crippen molar-refractivity contribution < 1.29 is 34.2 Å². The molecule has 0 spiro atoms. The first-order chi connectivity index (χ1) is 14.4. The highest BCUT2D eigenvalue weighted by Gasteiger charge is 2.30. The van der Waals surface area contributed by atoms with Gasteiger partial charge < -0.3 is 37.6 Å². The molecule has 12 nitrogen and oxygen atoms in total. The topological polar surface area (TPSA) is 214 Å². The zero-order valence-corrected chi connectivity index (χ0v) is 18.2. The fraction of sp³-hybridized carbons (Fsp3) is 0.737. The van der Waals surface area contributed by atoms with Crippen molar-refractivity contribution in [1.82, 2.24) is 16.0 Å². The molecular formula is C19H35N5O7. The Hall–Kier alpha value is -2.73. The number of unbranched alkanes of at least 4 members (excludes halogenated alkanes) is 1. The molecule has 0 aromatic rings. The van der Waals surface area contributed by atoms with Crippen LogP contribution in [0.1, 0.15) is 52.9 Å². The van der Waals surface area contributed by atoms with Crippen LogP contribution in [-0.2, 0) is 24.0 Å². The third-order valence-corrected chi connectivity index (χ3v) is 4.56. The van der Waals surface area contributed by atoms with Gasteiger partial charge in [-0.05, 0) is 45.1 Å². The van der Waals surface area contributed by atoms with Crippen molar-refractivity contribution in [3.05, 3.63) is 0 Å². The van der Waals surface area contributed by atoms with Crippen LogP contribution >= 0.6 is 0 Å². The number of carboxylic acids is 2. The number of hydrogen-bond donors (Lipinski definition) is 7. The van der Waals surface area contributed by atoms with Crippen molar-refractivity contribution in [2.75, 3.05) is 6.54 Å². The Balaban J connectivity index is 5.25.